The van der Waals surface area contributed by atoms with Gasteiger partial charge in [0.2, 0.25) is 0 Å². The summed E-state index contributed by atoms with van der Waals surface area (Å²) in [6.45, 7) is 2.30. The van der Waals surface area contributed by atoms with E-state index in [1.54, 1.807) is 0 Å². The molecule has 0 bridgehead atoms. The van der Waals surface area contributed by atoms with Crippen LogP contribution in [0.2, 0.25) is 0 Å². The van der Waals surface area contributed by atoms with Crippen molar-refractivity contribution in [2.24, 2.45) is 17.8 Å². The van der Waals surface area contributed by atoms with Gasteiger partial charge in [-0.2, -0.15) is 0 Å². The van der Waals surface area contributed by atoms with Crippen LogP contribution in [0.25, 0.3) is 5.57 Å². The molecule has 3 rings (SSSR count). The van der Waals surface area contributed by atoms with E-state index in [0.717, 1.165) is 22.2 Å². The van der Waals surface area contributed by atoms with E-state index in [1.165, 1.54) is 81.8 Å². The molecule has 0 amide bonds. The normalized spacial score (nSPS) is 25.9. The van der Waals surface area contributed by atoms with Crippen LogP contribution in [0.3, 0.4) is 0 Å². The molecule has 0 N–H and O–H groups in total. The van der Waals surface area contributed by atoms with E-state index < -0.39 is 0 Å². The summed E-state index contributed by atoms with van der Waals surface area (Å²) in [7, 11) is 0. The Morgan fingerprint density at radius 2 is 1.65 bits per heavy atom. The van der Waals surface area contributed by atoms with Gasteiger partial charge in [0.05, 0.1) is 0 Å². The monoisotopic (exact) mass is 414 g/mol. The van der Waals surface area contributed by atoms with Crippen LogP contribution < -0.4 is 0 Å². The molecule has 0 aromatic heterocycles. The first-order valence-corrected chi connectivity index (χ1v) is 11.7. The fourth-order valence-corrected chi connectivity index (χ4v) is 5.05. The molecular formula is C25H35Br. The Morgan fingerprint density at radius 3 is 2.31 bits per heavy atom. The molecule has 0 aliphatic heterocycles. The van der Waals surface area contributed by atoms with Crippen molar-refractivity contribution < 1.29 is 0 Å². The minimum atomic E-state index is 0.778. The predicted octanol–water partition coefficient (Wildman–Crippen LogP) is 8.58. The second-order valence-corrected chi connectivity index (χ2v) is 9.32. The largest absolute Gasteiger partial charge is 0.0802 e. The maximum Gasteiger partial charge on any atom is 0.0175 e. The predicted molar refractivity (Wildman–Crippen MR) is 118 cm³/mol. The first kappa shape index (κ1) is 19.9. The van der Waals surface area contributed by atoms with Crippen LogP contribution in [-0.4, -0.2) is 0 Å². The number of benzene rings is 1. The fraction of sp³-hybridized carbons (Fsp3) is 0.600. The molecular weight excluding hydrogens is 380 g/mol. The molecule has 1 aromatic rings. The summed E-state index contributed by atoms with van der Waals surface area (Å²) < 4.78 is 1.15. The van der Waals surface area contributed by atoms with Crippen LogP contribution in [-0.2, 0) is 0 Å². The van der Waals surface area contributed by atoms with Crippen molar-refractivity contribution in [1.82, 2.24) is 0 Å². The summed E-state index contributed by atoms with van der Waals surface area (Å²) >= 11 is 3.52. The van der Waals surface area contributed by atoms with Crippen LogP contribution in [0.15, 0.2) is 47.0 Å². The van der Waals surface area contributed by atoms with Gasteiger partial charge >= 0.3 is 0 Å². The van der Waals surface area contributed by atoms with E-state index in [1.807, 2.05) is 0 Å². The van der Waals surface area contributed by atoms with Gasteiger partial charge in [-0.3, -0.25) is 0 Å². The lowest BCUT2D eigenvalue weighted by atomic mass is 9.72. The maximum atomic E-state index is 3.52. The third-order valence-corrected chi connectivity index (χ3v) is 7.05. The number of hydrogen-bond donors (Lipinski definition) is 0. The molecule has 26 heavy (non-hydrogen) atoms. The Bertz CT molecular complexity index is 587. The van der Waals surface area contributed by atoms with Gasteiger partial charge in [-0.1, -0.05) is 105 Å². The van der Waals surface area contributed by atoms with E-state index in [0.29, 0.717) is 0 Å². The van der Waals surface area contributed by atoms with Gasteiger partial charge in [0.25, 0.3) is 0 Å². The molecule has 1 aromatic carbocycles. The van der Waals surface area contributed by atoms with Gasteiger partial charge in [0.1, 0.15) is 0 Å². The van der Waals surface area contributed by atoms with Crippen molar-refractivity contribution in [3.63, 3.8) is 0 Å². The number of hydrogen-bond acceptors (Lipinski definition) is 0. The summed E-state index contributed by atoms with van der Waals surface area (Å²) in [4.78, 5) is 0. The van der Waals surface area contributed by atoms with E-state index in [4.69, 9.17) is 0 Å². The highest BCUT2D eigenvalue weighted by Crippen LogP contribution is 2.39. The number of halogens is 1. The molecule has 0 spiro atoms. The van der Waals surface area contributed by atoms with Gasteiger partial charge in [-0.25, -0.2) is 0 Å². The molecule has 1 heteroatoms. The molecule has 1 atom stereocenters. The Kier molecular flexibility index (Phi) is 8.05. The molecule has 1 saturated carbocycles. The zero-order valence-corrected chi connectivity index (χ0v) is 18.0. The second-order valence-electron chi connectivity index (χ2n) is 8.41. The third kappa shape index (κ3) is 5.84. The molecule has 2 aliphatic rings. The molecule has 0 radical (unpaired) electrons. The first-order valence-electron chi connectivity index (χ1n) is 10.9. The number of allylic oxidation sites excluding steroid dienone is 4. The third-order valence-electron chi connectivity index (χ3n) is 6.52. The Labute approximate surface area is 169 Å². The summed E-state index contributed by atoms with van der Waals surface area (Å²) in [5, 5.41) is 0. The average Bonchev–Trinajstić information content (AvgIpc) is 2.69. The molecule has 1 unspecified atom stereocenters. The standard InChI is InChI=1S/C25H35Br/c1-2-3-4-5-6-7-20-8-10-21(11-9-20)22-12-14-23(15-13-22)24-16-18-25(26)19-17-24/h12,14-22H,2-11,13H2,1H3. The topological polar surface area (TPSA) is 0 Å². The maximum absolute atomic E-state index is 3.52. The minimum Gasteiger partial charge on any atom is -0.0802 e. The molecule has 2 aliphatic carbocycles. The zero-order valence-electron chi connectivity index (χ0n) is 16.4. The molecule has 0 saturated heterocycles. The summed E-state index contributed by atoms with van der Waals surface area (Å²) in [6, 6.07) is 8.71. The average molecular weight is 415 g/mol. The van der Waals surface area contributed by atoms with Gasteiger partial charge in [-0.15, -0.1) is 0 Å². The van der Waals surface area contributed by atoms with Crippen LogP contribution >= 0.6 is 15.9 Å². The summed E-state index contributed by atoms with van der Waals surface area (Å²) in [6.07, 6.45) is 23.1. The van der Waals surface area contributed by atoms with E-state index >= 15 is 0 Å². The van der Waals surface area contributed by atoms with Gasteiger partial charge < -0.3 is 0 Å². The van der Waals surface area contributed by atoms with Gasteiger partial charge in [-0.05, 0) is 60.3 Å². The van der Waals surface area contributed by atoms with Crippen molar-refractivity contribution in [2.45, 2.75) is 77.6 Å². The van der Waals surface area contributed by atoms with Crippen molar-refractivity contribution in [3.8, 4) is 0 Å². The van der Waals surface area contributed by atoms with E-state index in [2.05, 4.69) is 65.3 Å². The van der Waals surface area contributed by atoms with E-state index in [-0.39, 0.29) is 0 Å². The Morgan fingerprint density at radius 1 is 0.923 bits per heavy atom. The number of rotatable bonds is 8. The van der Waals surface area contributed by atoms with Crippen molar-refractivity contribution in [3.05, 3.63) is 52.5 Å². The van der Waals surface area contributed by atoms with Crippen molar-refractivity contribution >= 4 is 21.5 Å². The molecule has 1 fully saturated rings. The second kappa shape index (κ2) is 10.5. The zero-order chi connectivity index (χ0) is 18.2. The Balaban J connectivity index is 1.39. The fourth-order valence-electron chi connectivity index (χ4n) is 4.78. The Hall–Kier alpha value is -0.820. The van der Waals surface area contributed by atoms with Crippen LogP contribution in [0.4, 0.5) is 0 Å². The molecule has 0 heterocycles. The summed E-state index contributed by atoms with van der Waals surface area (Å²) in [5.41, 5.74) is 2.74. The van der Waals surface area contributed by atoms with E-state index in [9.17, 15) is 0 Å². The van der Waals surface area contributed by atoms with Crippen molar-refractivity contribution in [2.75, 3.05) is 0 Å². The highest BCUT2D eigenvalue weighted by molar-refractivity contribution is 9.10. The lowest BCUT2D eigenvalue weighted by molar-refractivity contribution is 0.218. The first-order chi connectivity index (χ1) is 12.8. The quantitative estimate of drug-likeness (QED) is 0.373. The molecule has 0 nitrogen and oxygen atoms in total. The SMILES string of the molecule is CCCCCCCC1CCC(C2C=CC(c3ccc(Br)cc3)=CC2)CC1. The lowest BCUT2D eigenvalue weighted by Gasteiger charge is -2.33. The highest BCUT2D eigenvalue weighted by atomic mass is 79.9. The highest BCUT2D eigenvalue weighted by Gasteiger charge is 2.26. The van der Waals surface area contributed by atoms with Crippen molar-refractivity contribution in [1.29, 1.82) is 0 Å². The van der Waals surface area contributed by atoms with Crippen LogP contribution in [0, 0.1) is 17.8 Å². The van der Waals surface area contributed by atoms with Crippen LogP contribution in [0.1, 0.15) is 83.1 Å². The lowest BCUT2D eigenvalue weighted by Crippen LogP contribution is -2.21. The minimum absolute atomic E-state index is 0.778. The number of unbranched alkanes of at least 4 members (excludes halogenated alkanes) is 4. The molecule has 142 valence electrons. The van der Waals surface area contributed by atoms with Gasteiger partial charge in [0, 0.05) is 4.47 Å². The van der Waals surface area contributed by atoms with Crippen LogP contribution in [0.5, 0.6) is 0 Å². The van der Waals surface area contributed by atoms with Gasteiger partial charge in [0.15, 0.2) is 0 Å². The smallest absolute Gasteiger partial charge is 0.0175 e. The summed E-state index contributed by atoms with van der Waals surface area (Å²) in [5.74, 6) is 2.72.